The fraction of sp³-hybridized carbons (Fsp3) is 0.0625. The van der Waals surface area contributed by atoms with Crippen LogP contribution in [0.3, 0.4) is 0 Å². The number of carbonyl (C=O) groups is 1. The summed E-state index contributed by atoms with van der Waals surface area (Å²) in [6.45, 7) is -0.373. The van der Waals surface area contributed by atoms with Gasteiger partial charge in [-0.25, -0.2) is 8.42 Å². The normalized spacial score (nSPS) is 11.3. The van der Waals surface area contributed by atoms with E-state index in [4.69, 9.17) is 5.11 Å². The largest absolute Gasteiger partial charge is 0.480 e. The number of carboxylic acids is 1. The van der Waals surface area contributed by atoms with Crippen molar-refractivity contribution in [3.8, 4) is 0 Å². The standard InChI is InChI=1S/C16H15N3O4S/c20-16(21)10-18-14-3-1-2-4-15(14)24(22,23)19-12-5-6-13-11(9-12)7-8-17-13/h1-9,17-19H,10H2,(H,20,21). The number of hydrogen-bond acceptors (Lipinski definition) is 4. The molecule has 4 N–H and O–H groups in total. The Kier molecular flexibility index (Phi) is 4.13. The second-order valence-corrected chi connectivity index (χ2v) is 6.78. The lowest BCUT2D eigenvalue weighted by atomic mass is 10.2. The second-order valence-electron chi connectivity index (χ2n) is 5.13. The van der Waals surface area contributed by atoms with Crippen molar-refractivity contribution in [2.24, 2.45) is 0 Å². The molecular formula is C16H15N3O4S. The summed E-state index contributed by atoms with van der Waals surface area (Å²) in [6.07, 6.45) is 1.77. The Morgan fingerprint density at radius 2 is 1.92 bits per heavy atom. The molecule has 3 aromatic rings. The van der Waals surface area contributed by atoms with E-state index < -0.39 is 16.0 Å². The highest BCUT2D eigenvalue weighted by Crippen LogP contribution is 2.25. The van der Waals surface area contributed by atoms with Gasteiger partial charge in [0.05, 0.1) is 5.69 Å². The van der Waals surface area contributed by atoms with Crippen LogP contribution in [0.2, 0.25) is 0 Å². The summed E-state index contributed by atoms with van der Waals surface area (Å²) in [5.74, 6) is -1.08. The van der Waals surface area contributed by atoms with Crippen LogP contribution in [0, 0.1) is 0 Å². The lowest BCUT2D eigenvalue weighted by Gasteiger charge is -2.13. The molecule has 0 amide bonds. The second kappa shape index (κ2) is 6.25. The van der Waals surface area contributed by atoms with E-state index in [2.05, 4.69) is 15.0 Å². The van der Waals surface area contributed by atoms with E-state index in [1.807, 2.05) is 6.07 Å². The van der Waals surface area contributed by atoms with Crippen LogP contribution in [0.5, 0.6) is 0 Å². The number of fused-ring (bicyclic) bond motifs is 1. The SMILES string of the molecule is O=C(O)CNc1ccccc1S(=O)(=O)Nc1ccc2[nH]ccc2c1. The highest BCUT2D eigenvalue weighted by Gasteiger charge is 2.19. The molecular weight excluding hydrogens is 330 g/mol. The number of rotatable bonds is 6. The maximum Gasteiger partial charge on any atom is 0.322 e. The Labute approximate surface area is 138 Å². The topological polar surface area (TPSA) is 111 Å². The number of H-pyrrole nitrogens is 1. The van der Waals surface area contributed by atoms with Gasteiger partial charge in [-0.2, -0.15) is 0 Å². The molecule has 0 atom stereocenters. The molecule has 2 aromatic carbocycles. The van der Waals surface area contributed by atoms with Crippen LogP contribution in [-0.2, 0) is 14.8 Å². The average Bonchev–Trinajstić information content (AvgIpc) is 3.00. The van der Waals surface area contributed by atoms with Crippen molar-refractivity contribution in [3.05, 3.63) is 54.7 Å². The number of aromatic nitrogens is 1. The Bertz CT molecular complexity index is 995. The van der Waals surface area contributed by atoms with Crippen LogP contribution in [0.25, 0.3) is 10.9 Å². The summed E-state index contributed by atoms with van der Waals surface area (Å²) in [7, 11) is -3.86. The summed E-state index contributed by atoms with van der Waals surface area (Å²) >= 11 is 0. The van der Waals surface area contributed by atoms with E-state index in [-0.39, 0.29) is 17.1 Å². The fourth-order valence-electron chi connectivity index (χ4n) is 2.34. The molecule has 3 rings (SSSR count). The first-order valence-corrected chi connectivity index (χ1v) is 8.59. The molecule has 8 heteroatoms. The van der Waals surface area contributed by atoms with Gasteiger partial charge in [-0.05, 0) is 36.4 Å². The van der Waals surface area contributed by atoms with Gasteiger partial charge in [-0.15, -0.1) is 0 Å². The number of anilines is 2. The Balaban J connectivity index is 1.91. The van der Waals surface area contributed by atoms with E-state index in [0.717, 1.165) is 10.9 Å². The minimum absolute atomic E-state index is 0.0135. The third-order valence-electron chi connectivity index (χ3n) is 3.41. The Hall–Kier alpha value is -3.00. The number of hydrogen-bond donors (Lipinski definition) is 4. The van der Waals surface area contributed by atoms with E-state index in [1.54, 1.807) is 36.5 Å². The molecule has 0 aliphatic heterocycles. The number of benzene rings is 2. The molecule has 0 aliphatic rings. The Morgan fingerprint density at radius 1 is 1.12 bits per heavy atom. The van der Waals surface area contributed by atoms with Crippen molar-refractivity contribution in [1.82, 2.24) is 4.98 Å². The van der Waals surface area contributed by atoms with Crippen LogP contribution in [0.1, 0.15) is 0 Å². The fourth-order valence-corrected chi connectivity index (χ4v) is 3.58. The molecule has 0 saturated carbocycles. The van der Waals surface area contributed by atoms with E-state index in [1.165, 1.54) is 12.1 Å². The van der Waals surface area contributed by atoms with Gasteiger partial charge in [0.2, 0.25) is 0 Å². The molecule has 0 fully saturated rings. The highest BCUT2D eigenvalue weighted by molar-refractivity contribution is 7.92. The lowest BCUT2D eigenvalue weighted by molar-refractivity contribution is -0.134. The van der Waals surface area contributed by atoms with Crippen LogP contribution in [-0.4, -0.2) is 31.0 Å². The number of carboxylic acid groups (broad SMARTS) is 1. The summed E-state index contributed by atoms with van der Waals surface area (Å²) in [4.78, 5) is 13.7. The minimum atomic E-state index is -3.86. The number of aliphatic carboxylic acids is 1. The van der Waals surface area contributed by atoms with Gasteiger partial charge in [0.25, 0.3) is 10.0 Å². The number of nitrogens with one attached hydrogen (secondary N) is 3. The zero-order valence-electron chi connectivity index (χ0n) is 12.5. The maximum atomic E-state index is 12.6. The molecule has 0 saturated heterocycles. The number of para-hydroxylation sites is 1. The first-order chi connectivity index (χ1) is 11.5. The van der Waals surface area contributed by atoms with Crippen molar-refractivity contribution in [2.45, 2.75) is 4.90 Å². The first-order valence-electron chi connectivity index (χ1n) is 7.10. The van der Waals surface area contributed by atoms with Crippen LogP contribution in [0.4, 0.5) is 11.4 Å². The summed E-state index contributed by atoms with van der Waals surface area (Å²) in [6, 6.07) is 13.1. The predicted molar refractivity (Wildman–Crippen MR) is 91.7 cm³/mol. The summed E-state index contributed by atoms with van der Waals surface area (Å²) in [5, 5.41) is 12.2. The van der Waals surface area contributed by atoms with Crippen molar-refractivity contribution in [2.75, 3.05) is 16.6 Å². The van der Waals surface area contributed by atoms with Crippen LogP contribution < -0.4 is 10.0 Å². The predicted octanol–water partition coefficient (Wildman–Crippen LogP) is 2.47. The molecule has 0 unspecified atom stereocenters. The van der Waals surface area contributed by atoms with Crippen LogP contribution >= 0.6 is 0 Å². The molecule has 1 heterocycles. The lowest BCUT2D eigenvalue weighted by Crippen LogP contribution is -2.18. The number of aromatic amines is 1. The van der Waals surface area contributed by atoms with E-state index in [9.17, 15) is 13.2 Å². The van der Waals surface area contributed by atoms with E-state index in [0.29, 0.717) is 5.69 Å². The maximum absolute atomic E-state index is 12.6. The number of sulfonamides is 1. The molecule has 7 nitrogen and oxygen atoms in total. The Morgan fingerprint density at radius 3 is 2.71 bits per heavy atom. The third kappa shape index (κ3) is 3.33. The van der Waals surface area contributed by atoms with Crippen LogP contribution in [0.15, 0.2) is 59.6 Å². The first kappa shape index (κ1) is 15.9. The van der Waals surface area contributed by atoms with Crippen molar-refractivity contribution < 1.29 is 18.3 Å². The van der Waals surface area contributed by atoms with Crippen molar-refractivity contribution >= 4 is 38.3 Å². The smallest absolute Gasteiger partial charge is 0.322 e. The molecule has 0 spiro atoms. The molecule has 0 aliphatic carbocycles. The molecule has 0 radical (unpaired) electrons. The molecule has 0 bridgehead atoms. The van der Waals surface area contributed by atoms with E-state index >= 15 is 0 Å². The summed E-state index contributed by atoms with van der Waals surface area (Å²) in [5.41, 5.74) is 1.56. The minimum Gasteiger partial charge on any atom is -0.480 e. The van der Waals surface area contributed by atoms with Crippen molar-refractivity contribution in [3.63, 3.8) is 0 Å². The van der Waals surface area contributed by atoms with Gasteiger partial charge >= 0.3 is 5.97 Å². The summed E-state index contributed by atoms with van der Waals surface area (Å²) < 4.78 is 27.8. The van der Waals surface area contributed by atoms with Gasteiger partial charge < -0.3 is 15.4 Å². The zero-order valence-corrected chi connectivity index (χ0v) is 13.3. The molecule has 124 valence electrons. The highest BCUT2D eigenvalue weighted by atomic mass is 32.2. The van der Waals surface area contributed by atoms with Gasteiger partial charge in [0, 0.05) is 22.8 Å². The zero-order chi connectivity index (χ0) is 17.2. The third-order valence-corrected chi connectivity index (χ3v) is 4.85. The van der Waals surface area contributed by atoms with Gasteiger partial charge in [-0.1, -0.05) is 12.1 Å². The van der Waals surface area contributed by atoms with Gasteiger partial charge in [0.15, 0.2) is 0 Å². The monoisotopic (exact) mass is 345 g/mol. The molecule has 1 aromatic heterocycles. The molecule has 24 heavy (non-hydrogen) atoms. The average molecular weight is 345 g/mol. The van der Waals surface area contributed by atoms with Gasteiger partial charge in [-0.3, -0.25) is 9.52 Å². The van der Waals surface area contributed by atoms with Crippen molar-refractivity contribution in [1.29, 1.82) is 0 Å². The quantitative estimate of drug-likeness (QED) is 0.548. The van der Waals surface area contributed by atoms with Gasteiger partial charge in [0.1, 0.15) is 11.4 Å².